The van der Waals surface area contributed by atoms with Crippen LogP contribution in [0.1, 0.15) is 6.42 Å². The molecule has 9 nitrogen and oxygen atoms in total. The monoisotopic (exact) mass is 278 g/mol. The van der Waals surface area contributed by atoms with Crippen LogP contribution in [0.15, 0.2) is 18.5 Å². The summed E-state index contributed by atoms with van der Waals surface area (Å²) in [4.78, 5) is 41.6. The summed E-state index contributed by atoms with van der Waals surface area (Å²) >= 11 is 0. The summed E-state index contributed by atoms with van der Waals surface area (Å²) < 4.78 is 0. The van der Waals surface area contributed by atoms with Crippen LogP contribution in [0.3, 0.4) is 0 Å². The standard InChI is InChI=1S/C11H14N6O3/c18-8(6-7-9(19)17-11(20)16-7)12-4-5-15-10-13-2-1-3-14-10/h1-3,7H,4-6H2,(H,12,18)(H,13,14,15)(H2,16,17,19,20)/t7-/m0/s1. The quantitative estimate of drug-likeness (QED) is 0.375. The number of anilines is 1. The van der Waals surface area contributed by atoms with E-state index in [1.54, 1.807) is 18.5 Å². The van der Waals surface area contributed by atoms with Crippen LogP contribution in [0, 0.1) is 0 Å². The van der Waals surface area contributed by atoms with Crippen molar-refractivity contribution in [3.05, 3.63) is 18.5 Å². The Morgan fingerprint density at radius 3 is 2.65 bits per heavy atom. The highest BCUT2D eigenvalue weighted by atomic mass is 16.2. The fourth-order valence-electron chi connectivity index (χ4n) is 1.63. The molecule has 1 atom stereocenters. The number of hydrogen-bond donors (Lipinski definition) is 4. The fourth-order valence-corrected chi connectivity index (χ4v) is 1.63. The van der Waals surface area contributed by atoms with Gasteiger partial charge in [0.1, 0.15) is 6.04 Å². The lowest BCUT2D eigenvalue weighted by Gasteiger charge is -2.09. The second kappa shape index (κ2) is 6.45. The molecule has 106 valence electrons. The average Bonchev–Trinajstić information content (AvgIpc) is 2.74. The van der Waals surface area contributed by atoms with Gasteiger partial charge in [0.25, 0.3) is 5.91 Å². The van der Waals surface area contributed by atoms with Crippen LogP contribution < -0.4 is 21.3 Å². The molecule has 0 aromatic carbocycles. The van der Waals surface area contributed by atoms with Gasteiger partial charge < -0.3 is 16.0 Å². The fraction of sp³-hybridized carbons (Fsp3) is 0.364. The van der Waals surface area contributed by atoms with Gasteiger partial charge in [0, 0.05) is 25.5 Å². The molecule has 1 fully saturated rings. The highest BCUT2D eigenvalue weighted by Gasteiger charge is 2.30. The molecular formula is C11H14N6O3. The van der Waals surface area contributed by atoms with Crippen molar-refractivity contribution in [1.82, 2.24) is 25.9 Å². The minimum absolute atomic E-state index is 0.0839. The molecule has 4 amide bonds. The van der Waals surface area contributed by atoms with E-state index in [0.717, 1.165) is 0 Å². The van der Waals surface area contributed by atoms with E-state index in [9.17, 15) is 14.4 Å². The van der Waals surface area contributed by atoms with Crippen LogP contribution in [0.25, 0.3) is 0 Å². The summed E-state index contributed by atoms with van der Waals surface area (Å²) in [6.07, 6.45) is 3.13. The molecule has 1 saturated heterocycles. The third-order valence-electron chi connectivity index (χ3n) is 2.54. The lowest BCUT2D eigenvalue weighted by atomic mass is 10.2. The van der Waals surface area contributed by atoms with Gasteiger partial charge in [0.2, 0.25) is 11.9 Å². The molecule has 1 aliphatic heterocycles. The van der Waals surface area contributed by atoms with Gasteiger partial charge in [-0.15, -0.1) is 0 Å². The van der Waals surface area contributed by atoms with Gasteiger partial charge in [-0.25, -0.2) is 14.8 Å². The second-order valence-corrected chi connectivity index (χ2v) is 4.07. The number of nitrogens with one attached hydrogen (secondary N) is 4. The van der Waals surface area contributed by atoms with E-state index in [4.69, 9.17) is 0 Å². The molecule has 20 heavy (non-hydrogen) atoms. The lowest BCUT2D eigenvalue weighted by Crippen LogP contribution is -2.37. The number of carbonyl (C=O) groups is 3. The Balaban J connectivity index is 1.63. The number of rotatable bonds is 6. The zero-order valence-corrected chi connectivity index (χ0v) is 10.5. The molecule has 0 unspecified atom stereocenters. The Morgan fingerprint density at radius 2 is 2.00 bits per heavy atom. The zero-order valence-electron chi connectivity index (χ0n) is 10.5. The van der Waals surface area contributed by atoms with Crippen LogP contribution in [0.2, 0.25) is 0 Å². The molecule has 1 aromatic rings. The van der Waals surface area contributed by atoms with E-state index in [1.165, 1.54) is 0 Å². The number of aromatic nitrogens is 2. The average molecular weight is 278 g/mol. The van der Waals surface area contributed by atoms with Crippen molar-refractivity contribution in [1.29, 1.82) is 0 Å². The van der Waals surface area contributed by atoms with Gasteiger partial charge >= 0.3 is 6.03 Å². The molecule has 1 aliphatic rings. The van der Waals surface area contributed by atoms with Crippen LogP contribution in [0.4, 0.5) is 10.7 Å². The zero-order chi connectivity index (χ0) is 14.4. The molecule has 4 N–H and O–H groups in total. The summed E-state index contributed by atoms with van der Waals surface area (Å²) in [5.41, 5.74) is 0. The number of nitrogens with zero attached hydrogens (tertiary/aromatic N) is 2. The Morgan fingerprint density at radius 1 is 1.25 bits per heavy atom. The van der Waals surface area contributed by atoms with Crippen molar-refractivity contribution in [2.45, 2.75) is 12.5 Å². The van der Waals surface area contributed by atoms with Gasteiger partial charge in [-0.05, 0) is 6.07 Å². The topological polar surface area (TPSA) is 125 Å². The predicted molar refractivity (Wildman–Crippen MR) is 68.6 cm³/mol. The maximum absolute atomic E-state index is 11.6. The summed E-state index contributed by atoms with van der Waals surface area (Å²) in [6.45, 7) is 0.818. The van der Waals surface area contributed by atoms with E-state index < -0.39 is 18.0 Å². The highest BCUT2D eigenvalue weighted by Crippen LogP contribution is 1.98. The summed E-state index contributed by atoms with van der Waals surface area (Å²) in [5, 5.41) is 9.97. The van der Waals surface area contributed by atoms with Crippen molar-refractivity contribution < 1.29 is 14.4 Å². The molecule has 0 spiro atoms. The molecule has 0 aliphatic carbocycles. The van der Waals surface area contributed by atoms with Gasteiger partial charge in [-0.2, -0.15) is 0 Å². The molecule has 0 bridgehead atoms. The van der Waals surface area contributed by atoms with E-state index in [1.807, 2.05) is 0 Å². The van der Waals surface area contributed by atoms with Gasteiger partial charge in [-0.3, -0.25) is 14.9 Å². The van der Waals surface area contributed by atoms with Crippen molar-refractivity contribution in [3.8, 4) is 0 Å². The first-order valence-corrected chi connectivity index (χ1v) is 6.04. The molecule has 0 radical (unpaired) electrons. The number of imide groups is 1. The van der Waals surface area contributed by atoms with E-state index >= 15 is 0 Å². The highest BCUT2D eigenvalue weighted by molar-refractivity contribution is 6.05. The van der Waals surface area contributed by atoms with Crippen LogP contribution in [0.5, 0.6) is 0 Å². The number of hydrogen-bond acceptors (Lipinski definition) is 6. The number of amides is 4. The first kappa shape index (κ1) is 13.7. The van der Waals surface area contributed by atoms with Crippen molar-refractivity contribution >= 4 is 23.8 Å². The van der Waals surface area contributed by atoms with Gasteiger partial charge in [0.15, 0.2) is 0 Å². The Labute approximate surface area is 114 Å². The Hall–Kier alpha value is -2.71. The Bertz CT molecular complexity index is 506. The molecule has 0 saturated carbocycles. The van der Waals surface area contributed by atoms with Crippen LogP contribution >= 0.6 is 0 Å². The van der Waals surface area contributed by atoms with Crippen molar-refractivity contribution in [3.63, 3.8) is 0 Å². The first-order valence-electron chi connectivity index (χ1n) is 6.04. The van der Waals surface area contributed by atoms with E-state index in [2.05, 4.69) is 31.2 Å². The molecule has 9 heteroatoms. The van der Waals surface area contributed by atoms with E-state index in [0.29, 0.717) is 19.0 Å². The lowest BCUT2D eigenvalue weighted by molar-refractivity contribution is -0.126. The minimum Gasteiger partial charge on any atom is -0.354 e. The van der Waals surface area contributed by atoms with Gasteiger partial charge in [-0.1, -0.05) is 0 Å². The number of carbonyl (C=O) groups excluding carboxylic acids is 3. The SMILES string of the molecule is O=C(C[C@@H]1NC(=O)NC1=O)NCCNc1ncccn1. The maximum Gasteiger partial charge on any atom is 0.322 e. The largest absolute Gasteiger partial charge is 0.354 e. The first-order chi connectivity index (χ1) is 9.65. The van der Waals surface area contributed by atoms with Crippen LogP contribution in [-0.2, 0) is 9.59 Å². The van der Waals surface area contributed by atoms with Crippen LogP contribution in [-0.4, -0.2) is 46.9 Å². The summed E-state index contributed by atoms with van der Waals surface area (Å²) in [7, 11) is 0. The summed E-state index contributed by atoms with van der Waals surface area (Å²) in [6, 6.07) is 0.331. The molecule has 1 aromatic heterocycles. The second-order valence-electron chi connectivity index (χ2n) is 4.07. The number of urea groups is 1. The maximum atomic E-state index is 11.6. The third-order valence-corrected chi connectivity index (χ3v) is 2.54. The van der Waals surface area contributed by atoms with Gasteiger partial charge in [0.05, 0.1) is 6.42 Å². The van der Waals surface area contributed by atoms with Crippen molar-refractivity contribution in [2.24, 2.45) is 0 Å². The Kier molecular flexibility index (Phi) is 4.43. The molecule has 2 heterocycles. The molecule has 2 rings (SSSR count). The smallest absolute Gasteiger partial charge is 0.322 e. The summed E-state index contributed by atoms with van der Waals surface area (Å²) in [5.74, 6) is -0.326. The van der Waals surface area contributed by atoms with Crippen molar-refractivity contribution in [2.75, 3.05) is 18.4 Å². The predicted octanol–water partition coefficient (Wildman–Crippen LogP) is -1.40. The van der Waals surface area contributed by atoms with E-state index in [-0.39, 0.29) is 12.3 Å². The molecular weight excluding hydrogens is 264 g/mol. The normalized spacial score (nSPS) is 17.3. The minimum atomic E-state index is -0.798. The third kappa shape index (κ3) is 3.90.